The lowest BCUT2D eigenvalue weighted by molar-refractivity contribution is -0.134. The Morgan fingerprint density at radius 2 is 1.85 bits per heavy atom. The first-order valence-electron chi connectivity index (χ1n) is 11.1. The van der Waals surface area contributed by atoms with Gasteiger partial charge in [0, 0.05) is 23.2 Å². The van der Waals surface area contributed by atoms with Gasteiger partial charge in [0.25, 0.3) is 5.91 Å². The number of ether oxygens (including phenoxy) is 1. The number of hydrogen-bond donors (Lipinski definition) is 3. The van der Waals surface area contributed by atoms with E-state index in [1.165, 1.54) is 12.1 Å². The number of aromatic nitrogens is 1. The second-order valence-electron chi connectivity index (χ2n) is 8.29. The molecule has 1 atom stereocenters. The van der Waals surface area contributed by atoms with Crippen LogP contribution < -0.4 is 14.9 Å². The zero-order valence-corrected chi connectivity index (χ0v) is 19.7. The molecule has 1 saturated heterocycles. The van der Waals surface area contributed by atoms with Gasteiger partial charge < -0.3 is 4.74 Å². The number of rotatable bonds is 9. The first-order valence-corrected chi connectivity index (χ1v) is 12.6. The summed E-state index contributed by atoms with van der Waals surface area (Å²) in [5.74, 6) is -0.0979. The molecule has 0 bridgehead atoms. The van der Waals surface area contributed by atoms with Crippen molar-refractivity contribution < 1.29 is 23.2 Å². The molecule has 2 heterocycles. The molecule has 3 N–H and O–H groups in total. The second kappa shape index (κ2) is 10.5. The van der Waals surface area contributed by atoms with Crippen molar-refractivity contribution >= 4 is 26.8 Å². The minimum atomic E-state index is -3.85. The first-order chi connectivity index (χ1) is 16.4. The lowest BCUT2D eigenvalue weighted by atomic mass is 10.1. The number of fused-ring (bicyclic) bond motifs is 1. The second-order valence-corrected chi connectivity index (χ2v) is 10.1. The van der Waals surface area contributed by atoms with E-state index in [-0.39, 0.29) is 11.4 Å². The van der Waals surface area contributed by atoms with Crippen LogP contribution in [0.5, 0.6) is 5.75 Å². The Labute approximate surface area is 198 Å². The van der Waals surface area contributed by atoms with Crippen LogP contribution in [0, 0.1) is 6.92 Å². The van der Waals surface area contributed by atoms with E-state index in [4.69, 9.17) is 9.94 Å². The predicted molar refractivity (Wildman–Crippen MR) is 127 cm³/mol. The van der Waals surface area contributed by atoms with E-state index in [1.807, 2.05) is 42.2 Å². The number of aryl methyl sites for hydroxylation is 1. The van der Waals surface area contributed by atoms with Gasteiger partial charge in [-0.05, 0) is 69.3 Å². The molecule has 2 aromatic carbocycles. The number of pyridine rings is 1. The molecule has 3 aromatic rings. The summed E-state index contributed by atoms with van der Waals surface area (Å²) in [5.41, 5.74) is 4.42. The van der Waals surface area contributed by atoms with Crippen molar-refractivity contribution in [2.75, 3.05) is 19.6 Å². The van der Waals surface area contributed by atoms with Crippen molar-refractivity contribution in [3.05, 3.63) is 65.9 Å². The fourth-order valence-corrected chi connectivity index (χ4v) is 5.22. The smallest absolute Gasteiger partial charge is 0.262 e. The highest BCUT2D eigenvalue weighted by Crippen LogP contribution is 2.22. The van der Waals surface area contributed by atoms with Gasteiger partial charge in [-0.2, -0.15) is 0 Å². The van der Waals surface area contributed by atoms with Crippen molar-refractivity contribution in [1.29, 1.82) is 0 Å². The number of sulfonamides is 1. The van der Waals surface area contributed by atoms with Crippen LogP contribution in [-0.2, 0) is 21.4 Å². The summed E-state index contributed by atoms with van der Waals surface area (Å²) >= 11 is 0. The SMILES string of the molecule is Cc1cc(COc2ccc(S(=O)(=O)NC[C@H](C(=O)NO)N3CCCC3)cc2)c2ccccc2n1. The minimum Gasteiger partial charge on any atom is -0.489 e. The molecule has 1 aliphatic heterocycles. The molecule has 1 aromatic heterocycles. The highest BCUT2D eigenvalue weighted by atomic mass is 32.2. The zero-order valence-electron chi connectivity index (χ0n) is 18.9. The number of hydroxylamine groups is 1. The lowest BCUT2D eigenvalue weighted by Gasteiger charge is -2.25. The average Bonchev–Trinajstić information content (AvgIpc) is 3.37. The predicted octanol–water partition coefficient (Wildman–Crippen LogP) is 2.37. The van der Waals surface area contributed by atoms with Crippen molar-refractivity contribution in [2.24, 2.45) is 0 Å². The van der Waals surface area contributed by atoms with Gasteiger partial charge >= 0.3 is 0 Å². The molecule has 1 fully saturated rings. The molecule has 0 spiro atoms. The van der Waals surface area contributed by atoms with Gasteiger partial charge in [-0.3, -0.25) is 19.9 Å². The van der Waals surface area contributed by atoms with Crippen molar-refractivity contribution in [3.63, 3.8) is 0 Å². The Hall–Kier alpha value is -3.05. The first kappa shape index (κ1) is 24.1. The molecule has 4 rings (SSSR count). The number of para-hydroxylation sites is 1. The number of hydrogen-bond acceptors (Lipinski definition) is 7. The molecule has 0 unspecified atom stereocenters. The maximum atomic E-state index is 12.8. The van der Waals surface area contributed by atoms with E-state index in [2.05, 4.69) is 9.71 Å². The number of amides is 1. The Bertz CT molecular complexity index is 1260. The van der Waals surface area contributed by atoms with Crippen LogP contribution in [0.4, 0.5) is 0 Å². The van der Waals surface area contributed by atoms with Gasteiger partial charge in [-0.1, -0.05) is 18.2 Å². The number of nitrogens with one attached hydrogen (secondary N) is 2. The van der Waals surface area contributed by atoms with E-state index in [1.54, 1.807) is 17.6 Å². The monoisotopic (exact) mass is 484 g/mol. The van der Waals surface area contributed by atoms with Crippen LogP contribution in [0.15, 0.2) is 59.5 Å². The van der Waals surface area contributed by atoms with E-state index in [9.17, 15) is 13.2 Å². The lowest BCUT2D eigenvalue weighted by Crippen LogP contribution is -2.51. The fourth-order valence-electron chi connectivity index (χ4n) is 4.18. The largest absolute Gasteiger partial charge is 0.489 e. The minimum absolute atomic E-state index is 0.0645. The van der Waals surface area contributed by atoms with E-state index >= 15 is 0 Å². The molecular formula is C24H28N4O5S. The number of carbonyl (C=O) groups is 1. The number of likely N-dealkylation sites (tertiary alicyclic amines) is 1. The molecule has 0 aliphatic carbocycles. The molecule has 34 heavy (non-hydrogen) atoms. The van der Waals surface area contributed by atoms with Gasteiger partial charge in [0.15, 0.2) is 0 Å². The molecule has 1 aliphatic rings. The highest BCUT2D eigenvalue weighted by Gasteiger charge is 2.29. The number of nitrogens with zero attached hydrogens (tertiary/aromatic N) is 2. The third-order valence-electron chi connectivity index (χ3n) is 5.92. The quantitative estimate of drug-likeness (QED) is 0.315. The summed E-state index contributed by atoms with van der Waals surface area (Å²) in [7, 11) is -3.85. The normalized spacial score (nSPS) is 15.4. The summed E-state index contributed by atoms with van der Waals surface area (Å²) in [6.45, 7) is 3.47. The van der Waals surface area contributed by atoms with Gasteiger partial charge in [0.2, 0.25) is 10.0 Å². The molecule has 180 valence electrons. The average molecular weight is 485 g/mol. The van der Waals surface area contributed by atoms with Crippen LogP contribution in [0.2, 0.25) is 0 Å². The van der Waals surface area contributed by atoms with Crippen LogP contribution in [-0.4, -0.2) is 55.1 Å². The summed E-state index contributed by atoms with van der Waals surface area (Å²) in [5, 5.41) is 10.0. The zero-order chi connectivity index (χ0) is 24.1. The van der Waals surface area contributed by atoms with Gasteiger partial charge in [-0.15, -0.1) is 0 Å². The molecule has 0 radical (unpaired) electrons. The Morgan fingerprint density at radius 3 is 2.56 bits per heavy atom. The molecule has 9 nitrogen and oxygen atoms in total. The Morgan fingerprint density at radius 1 is 1.15 bits per heavy atom. The van der Waals surface area contributed by atoms with Gasteiger partial charge in [-0.25, -0.2) is 18.6 Å². The number of carbonyl (C=O) groups excluding carboxylic acids is 1. The van der Waals surface area contributed by atoms with Gasteiger partial charge in [0.1, 0.15) is 18.4 Å². The van der Waals surface area contributed by atoms with Crippen LogP contribution in [0.1, 0.15) is 24.1 Å². The van der Waals surface area contributed by atoms with Crippen molar-refractivity contribution in [1.82, 2.24) is 20.1 Å². The van der Waals surface area contributed by atoms with E-state index in [0.717, 1.165) is 35.0 Å². The topological polar surface area (TPSA) is 121 Å². The third kappa shape index (κ3) is 5.53. The van der Waals surface area contributed by atoms with E-state index < -0.39 is 22.0 Å². The summed E-state index contributed by atoms with van der Waals surface area (Å²) < 4.78 is 33.9. The molecule has 1 amide bonds. The van der Waals surface area contributed by atoms with E-state index in [0.29, 0.717) is 25.4 Å². The number of benzene rings is 2. The summed E-state index contributed by atoms with van der Waals surface area (Å²) in [6.07, 6.45) is 1.86. The van der Waals surface area contributed by atoms with Crippen molar-refractivity contribution in [2.45, 2.75) is 37.3 Å². The fraction of sp³-hybridized carbons (Fsp3) is 0.333. The van der Waals surface area contributed by atoms with Crippen LogP contribution >= 0.6 is 0 Å². The van der Waals surface area contributed by atoms with Crippen molar-refractivity contribution in [3.8, 4) is 5.75 Å². The Kier molecular flexibility index (Phi) is 7.42. The standard InChI is InChI=1S/C24H28N4O5S/c1-17-14-18(21-6-2-3-7-22(21)26-17)16-33-19-8-10-20(11-9-19)34(31,32)25-15-23(24(29)27-30)28-12-4-5-13-28/h2-3,6-11,14,23,25,30H,4-5,12-13,15-16H2,1H3,(H,27,29)/t23-/m1/s1. The Balaban J connectivity index is 1.41. The summed E-state index contributed by atoms with van der Waals surface area (Å²) in [4.78, 5) is 18.5. The maximum absolute atomic E-state index is 12.8. The highest BCUT2D eigenvalue weighted by molar-refractivity contribution is 7.89. The van der Waals surface area contributed by atoms with Crippen LogP contribution in [0.3, 0.4) is 0 Å². The third-order valence-corrected chi connectivity index (χ3v) is 7.36. The maximum Gasteiger partial charge on any atom is 0.262 e. The summed E-state index contributed by atoms with van der Waals surface area (Å²) in [6, 6.07) is 15.2. The molecule has 0 saturated carbocycles. The van der Waals surface area contributed by atoms with Crippen LogP contribution in [0.25, 0.3) is 10.9 Å². The molecular weight excluding hydrogens is 456 g/mol. The molecule has 10 heteroatoms. The van der Waals surface area contributed by atoms with Gasteiger partial charge in [0.05, 0.1) is 10.4 Å².